The summed E-state index contributed by atoms with van der Waals surface area (Å²) < 4.78 is 5.64. The van der Waals surface area contributed by atoms with Crippen molar-refractivity contribution in [3.05, 3.63) is 53.9 Å². The van der Waals surface area contributed by atoms with E-state index in [1.54, 1.807) is 0 Å². The molecule has 0 aliphatic carbocycles. The predicted octanol–water partition coefficient (Wildman–Crippen LogP) is 4.00. The zero-order chi connectivity index (χ0) is 20.6. The van der Waals surface area contributed by atoms with E-state index in [0.717, 1.165) is 38.3 Å². The highest BCUT2D eigenvalue weighted by atomic mass is 16.5. The van der Waals surface area contributed by atoms with Crippen LogP contribution in [0.1, 0.15) is 44.2 Å². The van der Waals surface area contributed by atoms with Crippen molar-refractivity contribution in [3.63, 3.8) is 0 Å². The van der Waals surface area contributed by atoms with Crippen LogP contribution in [0.3, 0.4) is 0 Å². The van der Waals surface area contributed by atoms with Gasteiger partial charge in [-0.25, -0.2) is 0 Å². The van der Waals surface area contributed by atoms with Crippen molar-refractivity contribution in [2.45, 2.75) is 58.7 Å². The maximum atomic E-state index is 5.94. The molecule has 0 bridgehead atoms. The van der Waals surface area contributed by atoms with Crippen LogP contribution in [0.25, 0.3) is 0 Å². The topological polar surface area (TPSA) is 54.6 Å². The molecule has 0 unspecified atom stereocenters. The molecular formula is C24H36N4O. The van der Waals surface area contributed by atoms with Crippen LogP contribution in [-0.2, 0) is 6.54 Å². The van der Waals surface area contributed by atoms with Crippen molar-refractivity contribution in [1.29, 1.82) is 0 Å². The number of aryl methyl sites for hydroxylation is 1. The van der Waals surface area contributed by atoms with E-state index in [9.17, 15) is 0 Å². The number of ether oxygens (including phenoxy) is 1. The molecule has 1 aromatic carbocycles. The molecule has 0 saturated carbocycles. The number of anilines is 1. The van der Waals surface area contributed by atoms with Crippen LogP contribution in [-0.4, -0.2) is 48.2 Å². The third-order valence-electron chi connectivity index (χ3n) is 5.87. The number of nitrogens with two attached hydrogens (primary N) is 1. The van der Waals surface area contributed by atoms with Crippen LogP contribution in [0.4, 0.5) is 5.69 Å². The summed E-state index contributed by atoms with van der Waals surface area (Å²) in [7, 11) is 0. The zero-order valence-electron chi connectivity index (χ0n) is 18.2. The summed E-state index contributed by atoms with van der Waals surface area (Å²) in [4.78, 5) is 9.48. The lowest BCUT2D eigenvalue weighted by atomic mass is 10.00. The molecular weight excluding hydrogens is 360 g/mol. The Morgan fingerprint density at radius 3 is 2.55 bits per heavy atom. The van der Waals surface area contributed by atoms with Crippen LogP contribution < -0.4 is 15.4 Å². The lowest BCUT2D eigenvalue weighted by Crippen LogP contribution is -2.45. The van der Waals surface area contributed by atoms with Gasteiger partial charge in [-0.2, -0.15) is 0 Å². The fourth-order valence-corrected chi connectivity index (χ4v) is 4.02. The van der Waals surface area contributed by atoms with Crippen LogP contribution >= 0.6 is 0 Å². The minimum atomic E-state index is 0.279. The maximum Gasteiger partial charge on any atom is 0.119 e. The number of benzene rings is 1. The molecule has 1 fully saturated rings. The molecule has 1 aliphatic rings. The van der Waals surface area contributed by atoms with Crippen molar-refractivity contribution in [2.75, 3.05) is 31.1 Å². The Labute approximate surface area is 175 Å². The third-order valence-corrected chi connectivity index (χ3v) is 5.87. The van der Waals surface area contributed by atoms with Crippen LogP contribution in [0, 0.1) is 6.92 Å². The summed E-state index contributed by atoms with van der Waals surface area (Å²) >= 11 is 0. The van der Waals surface area contributed by atoms with Crippen LogP contribution in [0.15, 0.2) is 42.7 Å². The van der Waals surface area contributed by atoms with Gasteiger partial charge in [-0.1, -0.05) is 0 Å². The lowest BCUT2D eigenvalue weighted by Gasteiger charge is -2.40. The Morgan fingerprint density at radius 2 is 1.93 bits per heavy atom. The Balaban J connectivity index is 1.73. The number of rotatable bonds is 9. The van der Waals surface area contributed by atoms with Gasteiger partial charge in [0.1, 0.15) is 5.75 Å². The average Bonchev–Trinajstić information content (AvgIpc) is 2.73. The normalized spacial score (nSPS) is 16.6. The van der Waals surface area contributed by atoms with Gasteiger partial charge in [0, 0.05) is 49.8 Å². The number of piperidine rings is 1. The lowest BCUT2D eigenvalue weighted by molar-refractivity contribution is 0.203. The fraction of sp³-hybridized carbons (Fsp3) is 0.542. The average molecular weight is 397 g/mol. The molecule has 2 N–H and O–H groups in total. The summed E-state index contributed by atoms with van der Waals surface area (Å²) in [6.07, 6.45) is 7.30. The van der Waals surface area contributed by atoms with Crippen LogP contribution in [0.5, 0.6) is 5.75 Å². The van der Waals surface area contributed by atoms with Gasteiger partial charge in [-0.05, 0) is 88.0 Å². The largest absolute Gasteiger partial charge is 0.494 e. The van der Waals surface area contributed by atoms with Gasteiger partial charge < -0.3 is 20.3 Å². The molecule has 5 nitrogen and oxygen atoms in total. The first kappa shape index (κ1) is 21.6. The molecule has 5 heteroatoms. The number of hydrogen-bond donors (Lipinski definition) is 1. The molecule has 2 heterocycles. The third kappa shape index (κ3) is 6.18. The highest BCUT2D eigenvalue weighted by molar-refractivity contribution is 5.51. The molecule has 3 rings (SSSR count). The number of nitrogens with zero attached hydrogens (tertiary/aromatic N) is 3. The first-order valence-corrected chi connectivity index (χ1v) is 10.9. The first-order valence-electron chi connectivity index (χ1n) is 10.9. The summed E-state index contributed by atoms with van der Waals surface area (Å²) in [6.45, 7) is 11.2. The number of aromatic nitrogens is 1. The maximum absolute atomic E-state index is 5.94. The Kier molecular flexibility index (Phi) is 7.90. The van der Waals surface area contributed by atoms with E-state index in [1.165, 1.54) is 29.7 Å². The van der Waals surface area contributed by atoms with Crippen LogP contribution in [0.2, 0.25) is 0 Å². The van der Waals surface area contributed by atoms with Crippen molar-refractivity contribution < 1.29 is 4.74 Å². The number of hydrogen-bond acceptors (Lipinski definition) is 5. The zero-order valence-corrected chi connectivity index (χ0v) is 18.2. The quantitative estimate of drug-likeness (QED) is 0.694. The predicted molar refractivity (Wildman–Crippen MR) is 120 cm³/mol. The first-order chi connectivity index (χ1) is 14.1. The van der Waals surface area contributed by atoms with E-state index < -0.39 is 0 Å². The Hall–Kier alpha value is -2.11. The molecule has 1 aliphatic heterocycles. The summed E-state index contributed by atoms with van der Waals surface area (Å²) in [5, 5.41) is 0. The molecule has 0 amide bonds. The molecule has 1 aromatic heterocycles. The second kappa shape index (κ2) is 10.6. The van der Waals surface area contributed by atoms with E-state index in [2.05, 4.69) is 59.0 Å². The monoisotopic (exact) mass is 396 g/mol. The standard InChI is InChI=1S/C24H36N4O/c1-4-29-24-7-5-22(6-8-24)28(18-21-17-26-13-9-19(21)2)23-11-15-27(16-12-23)14-10-20(3)25/h5-9,13,17,20,23H,4,10-12,14-16,18,25H2,1-3H3/t20-/m1/s1. The smallest absolute Gasteiger partial charge is 0.119 e. The second-order valence-corrected chi connectivity index (χ2v) is 8.20. The van der Waals surface area contributed by atoms with E-state index in [0.29, 0.717) is 12.6 Å². The van der Waals surface area contributed by atoms with Gasteiger partial charge >= 0.3 is 0 Å². The molecule has 2 aromatic rings. The highest BCUT2D eigenvalue weighted by Gasteiger charge is 2.25. The molecule has 158 valence electrons. The molecule has 0 radical (unpaired) electrons. The summed E-state index contributed by atoms with van der Waals surface area (Å²) in [5.41, 5.74) is 9.79. The van der Waals surface area contributed by atoms with Gasteiger partial charge in [0.25, 0.3) is 0 Å². The minimum Gasteiger partial charge on any atom is -0.494 e. The van der Waals surface area contributed by atoms with E-state index in [-0.39, 0.29) is 6.04 Å². The van der Waals surface area contributed by atoms with Crippen molar-refractivity contribution in [2.24, 2.45) is 5.73 Å². The van der Waals surface area contributed by atoms with Gasteiger partial charge in [-0.15, -0.1) is 0 Å². The second-order valence-electron chi connectivity index (χ2n) is 8.20. The van der Waals surface area contributed by atoms with Crippen molar-refractivity contribution in [1.82, 2.24) is 9.88 Å². The molecule has 0 spiro atoms. The van der Waals surface area contributed by atoms with Gasteiger partial charge in [-0.3, -0.25) is 4.98 Å². The van der Waals surface area contributed by atoms with Crippen molar-refractivity contribution in [3.8, 4) is 5.75 Å². The minimum absolute atomic E-state index is 0.279. The van der Waals surface area contributed by atoms with Gasteiger partial charge in [0.15, 0.2) is 0 Å². The number of likely N-dealkylation sites (tertiary alicyclic amines) is 1. The Morgan fingerprint density at radius 1 is 1.21 bits per heavy atom. The molecule has 29 heavy (non-hydrogen) atoms. The number of pyridine rings is 1. The summed E-state index contributed by atoms with van der Waals surface area (Å²) in [5.74, 6) is 0.930. The SMILES string of the molecule is CCOc1ccc(N(Cc2cnccc2C)C2CCN(CC[C@@H](C)N)CC2)cc1. The van der Waals surface area contributed by atoms with Gasteiger partial charge in [0.2, 0.25) is 0 Å². The fourth-order valence-electron chi connectivity index (χ4n) is 4.02. The van der Waals surface area contributed by atoms with E-state index in [1.807, 2.05) is 19.3 Å². The highest BCUT2D eigenvalue weighted by Crippen LogP contribution is 2.28. The summed E-state index contributed by atoms with van der Waals surface area (Å²) in [6, 6.07) is 11.5. The van der Waals surface area contributed by atoms with Crippen molar-refractivity contribution >= 4 is 5.69 Å². The molecule has 1 atom stereocenters. The van der Waals surface area contributed by atoms with Gasteiger partial charge in [0.05, 0.1) is 6.61 Å². The van der Waals surface area contributed by atoms with E-state index in [4.69, 9.17) is 10.5 Å². The van der Waals surface area contributed by atoms with E-state index >= 15 is 0 Å². The Bertz CT molecular complexity index is 739. The molecule has 1 saturated heterocycles.